The minimum Gasteiger partial charge on any atom is -0.387 e. The number of aryl methyl sites for hydroxylation is 2. The van der Waals surface area contributed by atoms with Crippen molar-refractivity contribution in [2.24, 2.45) is 0 Å². The van der Waals surface area contributed by atoms with Crippen molar-refractivity contribution in [3.8, 4) is 0 Å². The summed E-state index contributed by atoms with van der Waals surface area (Å²) >= 11 is 4.47. The van der Waals surface area contributed by atoms with E-state index in [0.29, 0.717) is 0 Å². The fourth-order valence-corrected chi connectivity index (χ4v) is 3.22. The summed E-state index contributed by atoms with van der Waals surface area (Å²) in [5, 5.41) is 10.1. The highest BCUT2D eigenvalue weighted by Gasteiger charge is 2.19. The van der Waals surface area contributed by atoms with Gasteiger partial charge in [-0.15, -0.1) is 11.3 Å². The van der Waals surface area contributed by atoms with Gasteiger partial charge in [0.1, 0.15) is 11.6 Å². The van der Waals surface area contributed by atoms with Crippen LogP contribution in [0, 0.1) is 25.5 Å². The van der Waals surface area contributed by atoms with E-state index in [-0.39, 0.29) is 16.5 Å². The molecule has 1 atom stereocenters. The first-order valence-electron chi connectivity index (χ1n) is 5.77. The van der Waals surface area contributed by atoms with Gasteiger partial charge < -0.3 is 5.11 Å². The van der Waals surface area contributed by atoms with Gasteiger partial charge in [-0.2, -0.15) is 0 Å². The van der Waals surface area contributed by atoms with Gasteiger partial charge in [-0.05, 0) is 53.5 Å². The van der Waals surface area contributed by atoms with Crippen LogP contribution in [0.4, 0.5) is 8.78 Å². The first kappa shape index (κ1) is 14.6. The van der Waals surface area contributed by atoms with Crippen LogP contribution in [0.1, 0.15) is 27.0 Å². The van der Waals surface area contributed by atoms with E-state index in [0.717, 1.165) is 15.3 Å². The molecule has 0 saturated carbocycles. The SMILES string of the molecule is Cc1cc(C(O)Cc2c(F)ccc(Br)c2F)sc1C. The zero-order valence-corrected chi connectivity index (χ0v) is 12.9. The van der Waals surface area contributed by atoms with Gasteiger partial charge >= 0.3 is 0 Å². The fourth-order valence-electron chi connectivity index (χ4n) is 1.82. The molecule has 0 spiro atoms. The minimum absolute atomic E-state index is 0.0729. The number of aliphatic hydroxyl groups is 1. The molecule has 1 nitrogen and oxygen atoms in total. The maximum Gasteiger partial charge on any atom is 0.143 e. The van der Waals surface area contributed by atoms with Crippen LogP contribution in [0.3, 0.4) is 0 Å². The van der Waals surface area contributed by atoms with Crippen molar-refractivity contribution in [1.82, 2.24) is 0 Å². The molecule has 0 radical (unpaired) electrons. The van der Waals surface area contributed by atoms with Crippen LogP contribution in [-0.2, 0) is 6.42 Å². The number of benzene rings is 1. The van der Waals surface area contributed by atoms with Crippen LogP contribution < -0.4 is 0 Å². The summed E-state index contributed by atoms with van der Waals surface area (Å²) in [5.41, 5.74) is 0.986. The molecule has 0 aliphatic heterocycles. The van der Waals surface area contributed by atoms with E-state index in [1.165, 1.54) is 23.5 Å². The molecule has 1 unspecified atom stereocenters. The topological polar surface area (TPSA) is 20.2 Å². The molecule has 2 aromatic rings. The highest BCUT2D eigenvalue weighted by atomic mass is 79.9. The molecule has 1 aromatic heterocycles. The first-order chi connectivity index (χ1) is 8.90. The summed E-state index contributed by atoms with van der Waals surface area (Å²) in [6.07, 6.45) is -0.966. The van der Waals surface area contributed by atoms with Crippen LogP contribution in [0.15, 0.2) is 22.7 Å². The van der Waals surface area contributed by atoms with Gasteiger partial charge in [-0.25, -0.2) is 8.78 Å². The maximum atomic E-state index is 13.8. The summed E-state index contributed by atoms with van der Waals surface area (Å²) in [6, 6.07) is 4.37. The maximum absolute atomic E-state index is 13.8. The molecule has 0 aliphatic rings. The zero-order valence-electron chi connectivity index (χ0n) is 10.5. The van der Waals surface area contributed by atoms with Gasteiger partial charge in [0, 0.05) is 21.7 Å². The lowest BCUT2D eigenvalue weighted by Gasteiger charge is -2.11. The fraction of sp³-hybridized carbons (Fsp3) is 0.286. The number of aliphatic hydroxyl groups excluding tert-OH is 1. The quantitative estimate of drug-likeness (QED) is 0.800. The van der Waals surface area contributed by atoms with Gasteiger partial charge in [0.05, 0.1) is 10.6 Å². The second-order valence-electron chi connectivity index (χ2n) is 4.43. The first-order valence-corrected chi connectivity index (χ1v) is 7.38. The summed E-state index contributed by atoms with van der Waals surface area (Å²) < 4.78 is 27.7. The Balaban J connectivity index is 2.28. The average molecular weight is 347 g/mol. The van der Waals surface area contributed by atoms with E-state index < -0.39 is 17.7 Å². The number of rotatable bonds is 3. The Morgan fingerprint density at radius 3 is 2.58 bits per heavy atom. The van der Waals surface area contributed by atoms with E-state index in [1.54, 1.807) is 0 Å². The van der Waals surface area contributed by atoms with Crippen molar-refractivity contribution in [1.29, 1.82) is 0 Å². The Morgan fingerprint density at radius 1 is 1.32 bits per heavy atom. The molecule has 0 bridgehead atoms. The van der Waals surface area contributed by atoms with Gasteiger partial charge in [0.2, 0.25) is 0 Å². The highest BCUT2D eigenvalue weighted by Crippen LogP contribution is 2.31. The largest absolute Gasteiger partial charge is 0.387 e. The third kappa shape index (κ3) is 3.04. The Morgan fingerprint density at radius 2 is 2.00 bits per heavy atom. The van der Waals surface area contributed by atoms with Crippen LogP contribution in [0.5, 0.6) is 0 Å². The summed E-state index contributed by atoms with van der Waals surface area (Å²) in [6.45, 7) is 3.90. The molecular formula is C14H13BrF2OS. The van der Waals surface area contributed by atoms with Crippen LogP contribution in [-0.4, -0.2) is 5.11 Å². The summed E-state index contributed by atoms with van der Waals surface area (Å²) in [7, 11) is 0. The lowest BCUT2D eigenvalue weighted by Crippen LogP contribution is -2.05. The van der Waals surface area contributed by atoms with Crippen molar-refractivity contribution in [3.63, 3.8) is 0 Å². The average Bonchev–Trinajstić information content (AvgIpc) is 2.70. The summed E-state index contributed by atoms with van der Waals surface area (Å²) in [5.74, 6) is -1.28. The van der Waals surface area contributed by atoms with E-state index in [1.807, 2.05) is 19.9 Å². The van der Waals surface area contributed by atoms with Gasteiger partial charge in [-0.3, -0.25) is 0 Å². The van der Waals surface area contributed by atoms with Crippen molar-refractivity contribution in [2.45, 2.75) is 26.4 Å². The molecule has 19 heavy (non-hydrogen) atoms. The number of thiophene rings is 1. The molecule has 0 amide bonds. The number of halogens is 3. The standard InChI is InChI=1S/C14H13BrF2OS/c1-7-5-13(19-8(7)2)12(18)6-9-11(16)4-3-10(15)14(9)17/h3-5,12,18H,6H2,1-2H3. The number of hydrogen-bond acceptors (Lipinski definition) is 2. The monoisotopic (exact) mass is 346 g/mol. The normalized spacial score (nSPS) is 12.7. The predicted octanol–water partition coefficient (Wildman–Crippen LogP) is 4.68. The van der Waals surface area contributed by atoms with Crippen LogP contribution in [0.25, 0.3) is 0 Å². The molecule has 0 fully saturated rings. The van der Waals surface area contributed by atoms with Gasteiger partial charge in [0.25, 0.3) is 0 Å². The Labute approximate surface area is 123 Å². The van der Waals surface area contributed by atoms with Gasteiger partial charge in [0.15, 0.2) is 0 Å². The lowest BCUT2D eigenvalue weighted by atomic mass is 10.1. The highest BCUT2D eigenvalue weighted by molar-refractivity contribution is 9.10. The molecule has 0 aliphatic carbocycles. The third-order valence-electron chi connectivity index (χ3n) is 3.05. The van der Waals surface area contributed by atoms with E-state index >= 15 is 0 Å². The van der Waals surface area contributed by atoms with E-state index in [2.05, 4.69) is 15.9 Å². The van der Waals surface area contributed by atoms with Crippen LogP contribution >= 0.6 is 27.3 Å². The van der Waals surface area contributed by atoms with E-state index in [9.17, 15) is 13.9 Å². The van der Waals surface area contributed by atoms with E-state index in [4.69, 9.17) is 0 Å². The molecule has 0 saturated heterocycles. The molecular weight excluding hydrogens is 334 g/mol. The zero-order chi connectivity index (χ0) is 14.2. The molecule has 1 aromatic carbocycles. The lowest BCUT2D eigenvalue weighted by molar-refractivity contribution is 0.179. The third-order valence-corrected chi connectivity index (χ3v) is 4.92. The minimum atomic E-state index is -0.893. The second-order valence-corrected chi connectivity index (χ2v) is 6.57. The van der Waals surface area contributed by atoms with Crippen LogP contribution in [0.2, 0.25) is 0 Å². The molecule has 1 heterocycles. The molecule has 1 N–H and O–H groups in total. The molecule has 2 rings (SSSR count). The molecule has 5 heteroatoms. The van der Waals surface area contributed by atoms with Crippen molar-refractivity contribution in [2.75, 3.05) is 0 Å². The predicted molar refractivity (Wildman–Crippen MR) is 76.5 cm³/mol. The summed E-state index contributed by atoms with van der Waals surface area (Å²) in [4.78, 5) is 1.83. The Kier molecular flexibility index (Phi) is 4.38. The Hall–Kier alpha value is -0.780. The smallest absolute Gasteiger partial charge is 0.143 e. The number of hydrogen-bond donors (Lipinski definition) is 1. The van der Waals surface area contributed by atoms with Crippen molar-refractivity contribution < 1.29 is 13.9 Å². The Bertz CT molecular complexity index is 590. The molecule has 102 valence electrons. The van der Waals surface area contributed by atoms with Crippen molar-refractivity contribution in [3.05, 3.63) is 55.2 Å². The van der Waals surface area contributed by atoms with Crippen molar-refractivity contribution >= 4 is 27.3 Å². The van der Waals surface area contributed by atoms with Gasteiger partial charge in [-0.1, -0.05) is 0 Å². The second kappa shape index (κ2) is 5.69.